The number of hydrogen-bond acceptors (Lipinski definition) is 4. The number of hydrogen-bond donors (Lipinski definition) is 1. The van der Waals surface area contributed by atoms with Gasteiger partial charge in [0.25, 0.3) is 0 Å². The van der Waals surface area contributed by atoms with E-state index >= 15 is 0 Å². The van der Waals surface area contributed by atoms with E-state index in [1.54, 1.807) is 6.20 Å². The van der Waals surface area contributed by atoms with Crippen molar-refractivity contribution >= 4 is 5.91 Å². The van der Waals surface area contributed by atoms with E-state index in [0.717, 1.165) is 6.07 Å². The van der Waals surface area contributed by atoms with E-state index < -0.39 is 23.9 Å². The Balaban J connectivity index is 1.81. The van der Waals surface area contributed by atoms with Gasteiger partial charge >= 0.3 is 6.18 Å². The van der Waals surface area contributed by atoms with E-state index in [1.807, 2.05) is 0 Å². The zero-order valence-electron chi connectivity index (χ0n) is 13.2. The molecule has 6 nitrogen and oxygen atoms in total. The van der Waals surface area contributed by atoms with Gasteiger partial charge in [-0.15, -0.1) is 5.10 Å². The molecular weight excluding hydrogens is 337 g/mol. The van der Waals surface area contributed by atoms with E-state index in [9.17, 15) is 23.1 Å². The summed E-state index contributed by atoms with van der Waals surface area (Å²) in [6, 6.07) is 4.39. The van der Waals surface area contributed by atoms with Gasteiger partial charge in [0.15, 0.2) is 0 Å². The van der Waals surface area contributed by atoms with Crippen molar-refractivity contribution in [2.24, 2.45) is 0 Å². The normalized spacial score (nSPS) is 20.9. The number of rotatable bonds is 4. The lowest BCUT2D eigenvalue weighted by Crippen LogP contribution is -2.33. The van der Waals surface area contributed by atoms with Crippen LogP contribution in [0.15, 0.2) is 36.7 Å². The molecule has 0 spiro atoms. The number of halogens is 3. The van der Waals surface area contributed by atoms with E-state index in [1.165, 1.54) is 34.0 Å². The predicted octanol–water partition coefficient (Wildman–Crippen LogP) is 2.02. The van der Waals surface area contributed by atoms with Crippen LogP contribution >= 0.6 is 0 Å². The quantitative estimate of drug-likeness (QED) is 0.912. The predicted molar refractivity (Wildman–Crippen MR) is 81.2 cm³/mol. The van der Waals surface area contributed by atoms with Crippen LogP contribution in [0.2, 0.25) is 0 Å². The molecule has 1 N–H and O–H groups in total. The van der Waals surface area contributed by atoms with Crippen molar-refractivity contribution in [3.05, 3.63) is 47.8 Å². The first-order chi connectivity index (χ1) is 11.9. The summed E-state index contributed by atoms with van der Waals surface area (Å²) in [6.45, 7) is 0.298. The highest BCUT2D eigenvalue weighted by Gasteiger charge is 2.41. The number of aromatic nitrogens is 3. The van der Waals surface area contributed by atoms with E-state index in [-0.39, 0.29) is 37.4 Å². The average molecular weight is 354 g/mol. The maximum atomic E-state index is 13.3. The van der Waals surface area contributed by atoms with Gasteiger partial charge in [-0.2, -0.15) is 13.2 Å². The highest BCUT2D eigenvalue weighted by Crippen LogP contribution is 2.40. The molecule has 2 aromatic rings. The minimum Gasteiger partial charge on any atom is -0.391 e. The fraction of sp³-hybridized carbons (Fsp3) is 0.438. The number of aryl methyl sites for hydroxylation is 1. The number of β-amino-alcohol motifs (C(OH)–C–C–N with tert-alkyl or cyclic N) is 1. The molecule has 1 aliphatic heterocycles. The Morgan fingerprint density at radius 3 is 2.76 bits per heavy atom. The minimum absolute atomic E-state index is 0.0145. The Labute approximate surface area is 141 Å². The number of carbonyl (C=O) groups excluding carboxylic acids is 1. The van der Waals surface area contributed by atoms with Crippen LogP contribution in [-0.2, 0) is 17.5 Å². The fourth-order valence-electron chi connectivity index (χ4n) is 3.14. The number of likely N-dealkylation sites (tertiary alicyclic amines) is 1. The van der Waals surface area contributed by atoms with E-state index in [4.69, 9.17) is 0 Å². The minimum atomic E-state index is -4.51. The molecule has 1 aromatic carbocycles. The molecule has 2 heterocycles. The van der Waals surface area contributed by atoms with Crippen LogP contribution in [0.5, 0.6) is 0 Å². The summed E-state index contributed by atoms with van der Waals surface area (Å²) in [5, 5.41) is 17.3. The first kappa shape index (κ1) is 17.4. The van der Waals surface area contributed by atoms with Gasteiger partial charge in [-0.25, -0.2) is 0 Å². The number of amides is 1. The molecule has 3 rings (SSSR count). The number of nitrogens with zero attached hydrogens (tertiary/aromatic N) is 4. The largest absolute Gasteiger partial charge is 0.416 e. The van der Waals surface area contributed by atoms with Crippen molar-refractivity contribution in [1.29, 1.82) is 0 Å². The van der Waals surface area contributed by atoms with Gasteiger partial charge in [-0.3, -0.25) is 9.48 Å². The van der Waals surface area contributed by atoms with Crippen molar-refractivity contribution in [1.82, 2.24) is 19.9 Å². The average Bonchev–Trinajstić information content (AvgIpc) is 3.21. The Hall–Kier alpha value is -2.42. The van der Waals surface area contributed by atoms with Crippen LogP contribution in [-0.4, -0.2) is 43.6 Å². The van der Waals surface area contributed by atoms with Crippen molar-refractivity contribution in [3.8, 4) is 0 Å². The summed E-state index contributed by atoms with van der Waals surface area (Å²) in [5.41, 5.74) is -0.760. The number of alkyl halides is 3. The van der Waals surface area contributed by atoms with Gasteiger partial charge < -0.3 is 10.0 Å². The van der Waals surface area contributed by atoms with Gasteiger partial charge in [-0.1, -0.05) is 23.4 Å². The molecule has 1 amide bonds. The zero-order chi connectivity index (χ0) is 18.0. The molecular formula is C16H17F3N4O2. The molecule has 2 atom stereocenters. The molecule has 134 valence electrons. The molecule has 9 heteroatoms. The van der Waals surface area contributed by atoms with Crippen LogP contribution in [0.4, 0.5) is 13.2 Å². The number of aliphatic hydroxyl groups is 1. The molecule has 0 radical (unpaired) electrons. The van der Waals surface area contributed by atoms with Crippen LogP contribution in [0, 0.1) is 0 Å². The van der Waals surface area contributed by atoms with Crippen molar-refractivity contribution in [3.63, 3.8) is 0 Å². The molecule has 0 aliphatic carbocycles. The van der Waals surface area contributed by atoms with E-state index in [2.05, 4.69) is 10.3 Å². The van der Waals surface area contributed by atoms with Crippen LogP contribution in [0.25, 0.3) is 0 Å². The van der Waals surface area contributed by atoms with E-state index in [0.29, 0.717) is 0 Å². The summed E-state index contributed by atoms with van der Waals surface area (Å²) in [7, 11) is 0. The van der Waals surface area contributed by atoms with Crippen LogP contribution in [0.3, 0.4) is 0 Å². The lowest BCUT2D eigenvalue weighted by atomic mass is 9.97. The first-order valence-electron chi connectivity index (χ1n) is 7.84. The first-order valence-corrected chi connectivity index (χ1v) is 7.84. The summed E-state index contributed by atoms with van der Waals surface area (Å²) >= 11 is 0. The third-order valence-corrected chi connectivity index (χ3v) is 4.25. The summed E-state index contributed by atoms with van der Waals surface area (Å²) in [5.74, 6) is -0.325. The molecule has 1 fully saturated rings. The smallest absolute Gasteiger partial charge is 0.391 e. The van der Waals surface area contributed by atoms with Gasteiger partial charge in [0.1, 0.15) is 0 Å². The molecule has 25 heavy (non-hydrogen) atoms. The fourth-order valence-corrected chi connectivity index (χ4v) is 3.14. The maximum absolute atomic E-state index is 13.3. The van der Waals surface area contributed by atoms with Crippen molar-refractivity contribution < 1.29 is 23.1 Å². The molecule has 1 saturated heterocycles. The highest BCUT2D eigenvalue weighted by molar-refractivity contribution is 5.77. The SMILES string of the molecule is O=C(CCn1ccnn1)N1C[C@H](O)C[C@H]1c1ccccc1C(F)(F)F. The van der Waals surface area contributed by atoms with Gasteiger partial charge in [-0.05, 0) is 18.1 Å². The monoisotopic (exact) mass is 354 g/mol. The molecule has 0 bridgehead atoms. The van der Waals surface area contributed by atoms with Gasteiger partial charge in [0.05, 0.1) is 30.5 Å². The Morgan fingerprint density at radius 1 is 1.32 bits per heavy atom. The number of carbonyl (C=O) groups is 1. The molecule has 0 unspecified atom stereocenters. The Morgan fingerprint density at radius 2 is 2.08 bits per heavy atom. The summed E-state index contributed by atoms with van der Waals surface area (Å²) in [6.07, 6.45) is -2.13. The molecule has 1 aliphatic rings. The van der Waals surface area contributed by atoms with Crippen LogP contribution in [0.1, 0.15) is 30.0 Å². The van der Waals surface area contributed by atoms with Gasteiger partial charge in [0, 0.05) is 19.2 Å². The summed E-state index contributed by atoms with van der Waals surface area (Å²) in [4.78, 5) is 13.8. The maximum Gasteiger partial charge on any atom is 0.416 e. The lowest BCUT2D eigenvalue weighted by Gasteiger charge is -2.27. The third kappa shape index (κ3) is 3.81. The standard InChI is InChI=1S/C16H17F3N4O2/c17-16(18,19)13-4-2-1-3-12(13)14-9-11(24)10-23(14)15(25)5-7-22-8-6-20-21-22/h1-4,6,8,11,14,24H,5,7,9-10H2/t11-,14+/m1/s1. The second-order valence-electron chi connectivity index (χ2n) is 5.95. The lowest BCUT2D eigenvalue weighted by molar-refractivity contribution is -0.140. The second kappa shape index (κ2) is 6.83. The topological polar surface area (TPSA) is 71.2 Å². The number of benzene rings is 1. The molecule has 0 saturated carbocycles. The third-order valence-electron chi connectivity index (χ3n) is 4.25. The number of aliphatic hydroxyl groups excluding tert-OH is 1. The Kier molecular flexibility index (Phi) is 4.76. The summed E-state index contributed by atoms with van der Waals surface area (Å²) < 4.78 is 41.3. The van der Waals surface area contributed by atoms with Crippen LogP contribution < -0.4 is 0 Å². The second-order valence-corrected chi connectivity index (χ2v) is 5.95. The highest BCUT2D eigenvalue weighted by atomic mass is 19.4. The molecule has 1 aromatic heterocycles. The zero-order valence-corrected chi connectivity index (χ0v) is 13.2. The van der Waals surface area contributed by atoms with Crippen molar-refractivity contribution in [2.45, 2.75) is 37.7 Å². The van der Waals surface area contributed by atoms with Crippen molar-refractivity contribution in [2.75, 3.05) is 6.54 Å². The Bertz CT molecular complexity index is 733. The van der Waals surface area contributed by atoms with Gasteiger partial charge in [0.2, 0.25) is 5.91 Å².